The molecular formula is C4H17B3F3LiO9S. The molecule has 0 aromatic carbocycles. The molecule has 0 radical (unpaired) electrons. The maximum atomic E-state index is 10.1. The zero-order valence-corrected chi connectivity index (χ0v) is 11.2. The topological polar surface area (TPSA) is 176 Å². The summed E-state index contributed by atoms with van der Waals surface area (Å²) in [4.78, 5) is 0. The van der Waals surface area contributed by atoms with E-state index in [4.69, 9.17) is 34.7 Å². The predicted molar refractivity (Wildman–Crippen MR) is 72.4 cm³/mol. The summed E-state index contributed by atoms with van der Waals surface area (Å²) >= 11 is 0. The van der Waals surface area contributed by atoms with Crippen LogP contribution in [0, 0.1) is 0 Å². The zero-order valence-electron chi connectivity index (χ0n) is 10.3. The third kappa shape index (κ3) is 245. The number of hydrogen-bond acceptors (Lipinski definition) is 8. The van der Waals surface area contributed by atoms with Gasteiger partial charge >= 0.3 is 41.0 Å². The van der Waals surface area contributed by atoms with Crippen LogP contribution in [0.1, 0.15) is 19.8 Å². The minimum absolute atomic E-state index is 0. The van der Waals surface area contributed by atoms with Crippen molar-refractivity contribution in [1.29, 1.82) is 0 Å². The van der Waals surface area contributed by atoms with Gasteiger partial charge < -0.3 is 30.1 Å². The van der Waals surface area contributed by atoms with Gasteiger partial charge in [-0.2, -0.15) is 8.42 Å². The van der Waals surface area contributed by atoms with Gasteiger partial charge in [-0.25, -0.2) is 0 Å². The fourth-order valence-electron chi connectivity index (χ4n) is 0.327. The molecule has 0 aliphatic heterocycles. The van der Waals surface area contributed by atoms with E-state index in [2.05, 4.69) is 0 Å². The molecule has 0 fully saturated rings. The van der Waals surface area contributed by atoms with Gasteiger partial charge in [0.05, 0.1) is 5.75 Å². The summed E-state index contributed by atoms with van der Waals surface area (Å²) in [6.07, 6.45) is 1.33. The van der Waals surface area contributed by atoms with E-state index in [1.165, 1.54) is 0 Å². The number of rotatable bonds is 3. The molecule has 0 aromatic rings. The van der Waals surface area contributed by atoms with Gasteiger partial charge in [-0.05, 0) is 6.42 Å². The van der Waals surface area contributed by atoms with Crippen molar-refractivity contribution < 1.29 is 56.1 Å². The molecule has 0 spiro atoms. The summed E-state index contributed by atoms with van der Waals surface area (Å²) < 4.78 is 58.3. The number of hydrogen-bond donors (Lipinski definition) is 7. The van der Waals surface area contributed by atoms with Crippen LogP contribution < -0.4 is 0 Å². The fraction of sp³-hybridized carbons (Fsp3) is 1.00. The maximum absolute atomic E-state index is 10.1. The SMILES string of the molecule is CCCCS(=O)(=O)O.OB(O)F.OB(O)F.OB(O)F.[LiH]. The molecule has 0 aromatic heterocycles. The zero-order chi connectivity index (χ0) is 17.4. The Balaban J connectivity index is -0.0000000570. The fourth-order valence-corrected chi connectivity index (χ4v) is 0.980. The minimum atomic E-state index is -3.69. The van der Waals surface area contributed by atoms with Gasteiger partial charge in [-0.3, -0.25) is 17.5 Å². The van der Waals surface area contributed by atoms with Crippen LogP contribution in [-0.4, -0.2) is 89.9 Å². The van der Waals surface area contributed by atoms with Crippen LogP contribution >= 0.6 is 0 Å². The second-order valence-electron chi connectivity index (χ2n) is 2.57. The van der Waals surface area contributed by atoms with Gasteiger partial charge in [0.2, 0.25) is 0 Å². The van der Waals surface area contributed by atoms with Crippen molar-refractivity contribution in [2.75, 3.05) is 5.75 Å². The molecular weight excluding hydrogens is 320 g/mol. The van der Waals surface area contributed by atoms with Crippen LogP contribution in [0.3, 0.4) is 0 Å². The average Bonchev–Trinajstić information content (AvgIpc) is 2.10. The van der Waals surface area contributed by atoms with E-state index in [0.717, 1.165) is 6.42 Å². The molecule has 9 nitrogen and oxygen atoms in total. The van der Waals surface area contributed by atoms with Gasteiger partial charge in [0.15, 0.2) is 0 Å². The van der Waals surface area contributed by atoms with Crippen molar-refractivity contribution in [3.63, 3.8) is 0 Å². The van der Waals surface area contributed by atoms with E-state index in [1.54, 1.807) is 0 Å². The molecule has 124 valence electrons. The van der Waals surface area contributed by atoms with Gasteiger partial charge in [-0.15, -0.1) is 0 Å². The van der Waals surface area contributed by atoms with Gasteiger partial charge in [0.25, 0.3) is 10.1 Å². The van der Waals surface area contributed by atoms with Crippen molar-refractivity contribution >= 4 is 51.2 Å². The van der Waals surface area contributed by atoms with E-state index in [-0.39, 0.29) is 24.6 Å². The molecule has 0 unspecified atom stereocenters. The van der Waals surface area contributed by atoms with E-state index < -0.39 is 32.3 Å². The molecule has 0 aliphatic carbocycles. The molecule has 0 saturated heterocycles. The molecule has 0 amide bonds. The monoisotopic (exact) mass is 338 g/mol. The normalized spacial score (nSPS) is 8.33. The number of unbranched alkanes of at least 4 members (excludes halogenated alkanes) is 1. The number of halogens is 3. The van der Waals surface area contributed by atoms with Crippen LogP contribution in [0.15, 0.2) is 0 Å². The molecule has 0 heterocycles. The van der Waals surface area contributed by atoms with Gasteiger partial charge in [0, 0.05) is 0 Å². The standard InChI is InChI=1S/C4H10O3S.3BFH2O2.Li.H/c1-2-3-4-8(5,6)7;3*2-1(3)4;;/h2-4H2,1H3,(H,5,6,7);3*3-4H;;. The molecule has 7 N–H and O–H groups in total. The molecule has 0 aliphatic rings. The van der Waals surface area contributed by atoms with Crippen molar-refractivity contribution in [3.05, 3.63) is 0 Å². The van der Waals surface area contributed by atoms with E-state index in [9.17, 15) is 21.4 Å². The second kappa shape index (κ2) is 22.5. The van der Waals surface area contributed by atoms with E-state index in [1.807, 2.05) is 6.92 Å². The Morgan fingerprint density at radius 1 is 0.857 bits per heavy atom. The quantitative estimate of drug-likeness (QED) is 0.206. The summed E-state index contributed by atoms with van der Waals surface area (Å²) in [6.45, 7) is 1.87. The van der Waals surface area contributed by atoms with Crippen molar-refractivity contribution in [3.8, 4) is 0 Å². The Labute approximate surface area is 133 Å². The van der Waals surface area contributed by atoms with Crippen LogP contribution in [0.25, 0.3) is 0 Å². The van der Waals surface area contributed by atoms with Crippen LogP contribution in [0.4, 0.5) is 12.9 Å². The molecule has 21 heavy (non-hydrogen) atoms. The van der Waals surface area contributed by atoms with E-state index >= 15 is 0 Å². The van der Waals surface area contributed by atoms with Crippen molar-refractivity contribution in [1.82, 2.24) is 0 Å². The molecule has 0 bridgehead atoms. The molecule has 17 heteroatoms. The first-order chi connectivity index (χ1) is 8.76. The van der Waals surface area contributed by atoms with Crippen molar-refractivity contribution in [2.45, 2.75) is 19.8 Å². The Hall–Kier alpha value is 0.252. The van der Waals surface area contributed by atoms with E-state index in [0.29, 0.717) is 6.42 Å². The Morgan fingerprint density at radius 2 is 1.05 bits per heavy atom. The molecule has 0 atom stereocenters. The third-order valence-electron chi connectivity index (χ3n) is 0.756. The Kier molecular flexibility index (Phi) is 35.4. The Morgan fingerprint density at radius 3 is 1.10 bits per heavy atom. The summed E-state index contributed by atoms with van der Waals surface area (Å²) in [5.74, 6) is -0.108. The summed E-state index contributed by atoms with van der Waals surface area (Å²) in [5.41, 5.74) is 0. The first-order valence-corrected chi connectivity index (χ1v) is 6.32. The van der Waals surface area contributed by atoms with Gasteiger partial charge in [-0.1, -0.05) is 13.3 Å². The van der Waals surface area contributed by atoms with Crippen LogP contribution in [0.2, 0.25) is 0 Å². The van der Waals surface area contributed by atoms with Gasteiger partial charge in [0.1, 0.15) is 0 Å². The summed E-state index contributed by atoms with van der Waals surface area (Å²) in [7, 11) is -11.7. The first-order valence-electron chi connectivity index (χ1n) is 4.72. The average molecular weight is 338 g/mol. The summed E-state index contributed by atoms with van der Waals surface area (Å²) in [6, 6.07) is 0. The molecule has 0 saturated carbocycles. The third-order valence-corrected chi connectivity index (χ3v) is 1.56. The summed E-state index contributed by atoms with van der Waals surface area (Å²) in [5, 5.41) is 41.7. The molecule has 0 rings (SSSR count). The van der Waals surface area contributed by atoms with Crippen LogP contribution in [0.5, 0.6) is 0 Å². The Bertz CT molecular complexity index is 248. The van der Waals surface area contributed by atoms with Crippen LogP contribution in [-0.2, 0) is 10.1 Å². The second-order valence-corrected chi connectivity index (χ2v) is 4.14. The first kappa shape index (κ1) is 33.0. The van der Waals surface area contributed by atoms with Crippen molar-refractivity contribution in [2.24, 2.45) is 0 Å². The predicted octanol–water partition coefficient (Wildman–Crippen LogP) is -3.20.